The molecule has 0 saturated heterocycles. The molecule has 1 aliphatic rings. The highest BCUT2D eigenvalue weighted by Crippen LogP contribution is 2.58. The number of carboxylic acids is 1. The first-order valence-electron chi connectivity index (χ1n) is 7.29. The van der Waals surface area contributed by atoms with Crippen LogP contribution in [0.2, 0.25) is 0 Å². The second-order valence-electron chi connectivity index (χ2n) is 6.27. The lowest BCUT2D eigenvalue weighted by Gasteiger charge is -2.01. The highest BCUT2D eigenvalue weighted by Gasteiger charge is 2.66. The molecule has 1 aliphatic carbocycles. The molecule has 3 rings (SSSR count). The Morgan fingerprint density at radius 1 is 1.22 bits per heavy atom. The van der Waals surface area contributed by atoms with Crippen LogP contribution in [0.4, 0.5) is 5.13 Å². The highest BCUT2D eigenvalue weighted by atomic mass is 32.1. The molecule has 0 spiro atoms. The first kappa shape index (κ1) is 15.6. The smallest absolute Gasteiger partial charge is 0.307 e. The van der Waals surface area contributed by atoms with Gasteiger partial charge in [-0.05, 0) is 11.0 Å². The van der Waals surface area contributed by atoms with Gasteiger partial charge in [0, 0.05) is 6.42 Å². The molecule has 120 valence electrons. The van der Waals surface area contributed by atoms with Crippen molar-refractivity contribution in [1.82, 2.24) is 10.2 Å². The van der Waals surface area contributed by atoms with E-state index in [4.69, 9.17) is 5.11 Å². The minimum atomic E-state index is -0.933. The van der Waals surface area contributed by atoms with Gasteiger partial charge in [0.25, 0.3) is 0 Å². The summed E-state index contributed by atoms with van der Waals surface area (Å²) in [5.41, 5.74) is 0.601. The SMILES string of the molecule is CC1(C)[C@@H](C(=O)O)[C@@H]1C(=O)Nc1nnc(Cc2ccccc2)s1. The van der Waals surface area contributed by atoms with E-state index in [9.17, 15) is 9.59 Å². The van der Waals surface area contributed by atoms with Crippen LogP contribution in [0.15, 0.2) is 30.3 Å². The zero-order chi connectivity index (χ0) is 16.6. The molecule has 2 N–H and O–H groups in total. The van der Waals surface area contributed by atoms with Crippen LogP contribution in [0.5, 0.6) is 0 Å². The molecule has 23 heavy (non-hydrogen) atoms. The fraction of sp³-hybridized carbons (Fsp3) is 0.375. The molecule has 1 heterocycles. The molecule has 6 nitrogen and oxygen atoms in total. The van der Waals surface area contributed by atoms with Crippen molar-refractivity contribution >= 4 is 28.3 Å². The van der Waals surface area contributed by atoms with E-state index >= 15 is 0 Å². The number of carboxylic acid groups (broad SMARTS) is 1. The molecule has 1 aromatic heterocycles. The summed E-state index contributed by atoms with van der Waals surface area (Å²) >= 11 is 1.31. The van der Waals surface area contributed by atoms with Gasteiger partial charge in [0.1, 0.15) is 5.01 Å². The van der Waals surface area contributed by atoms with Crippen LogP contribution in [-0.2, 0) is 16.0 Å². The third-order valence-electron chi connectivity index (χ3n) is 4.27. The number of anilines is 1. The summed E-state index contributed by atoms with van der Waals surface area (Å²) in [5, 5.41) is 21.1. The van der Waals surface area contributed by atoms with Crippen LogP contribution in [0, 0.1) is 17.3 Å². The maximum Gasteiger partial charge on any atom is 0.307 e. The molecule has 0 radical (unpaired) electrons. The van der Waals surface area contributed by atoms with E-state index in [-0.39, 0.29) is 5.91 Å². The van der Waals surface area contributed by atoms with Crippen molar-refractivity contribution in [2.24, 2.45) is 17.3 Å². The molecular weight excluding hydrogens is 314 g/mol. The number of carbonyl (C=O) groups excluding carboxylic acids is 1. The Morgan fingerprint density at radius 3 is 2.52 bits per heavy atom. The minimum absolute atomic E-state index is 0.301. The quantitative estimate of drug-likeness (QED) is 0.878. The molecule has 0 aliphatic heterocycles. The normalized spacial score (nSPS) is 21.7. The van der Waals surface area contributed by atoms with Gasteiger partial charge in [-0.2, -0.15) is 0 Å². The van der Waals surface area contributed by atoms with E-state index in [2.05, 4.69) is 15.5 Å². The van der Waals surface area contributed by atoms with E-state index in [1.165, 1.54) is 11.3 Å². The van der Waals surface area contributed by atoms with Gasteiger partial charge in [-0.1, -0.05) is 55.5 Å². The molecular formula is C16H17N3O3S. The summed E-state index contributed by atoms with van der Waals surface area (Å²) in [7, 11) is 0. The minimum Gasteiger partial charge on any atom is -0.481 e. The number of hydrogen-bond acceptors (Lipinski definition) is 5. The summed E-state index contributed by atoms with van der Waals surface area (Å²) in [6.07, 6.45) is 0.654. The maximum absolute atomic E-state index is 12.2. The highest BCUT2D eigenvalue weighted by molar-refractivity contribution is 7.15. The lowest BCUT2D eigenvalue weighted by Crippen LogP contribution is -2.17. The summed E-state index contributed by atoms with van der Waals surface area (Å²) < 4.78 is 0. The van der Waals surface area contributed by atoms with Crippen molar-refractivity contribution in [3.63, 3.8) is 0 Å². The van der Waals surface area contributed by atoms with Crippen LogP contribution in [0.1, 0.15) is 24.4 Å². The van der Waals surface area contributed by atoms with Crippen molar-refractivity contribution in [1.29, 1.82) is 0 Å². The van der Waals surface area contributed by atoms with E-state index in [0.717, 1.165) is 10.6 Å². The van der Waals surface area contributed by atoms with Gasteiger partial charge >= 0.3 is 5.97 Å². The van der Waals surface area contributed by atoms with Gasteiger partial charge in [-0.3, -0.25) is 9.59 Å². The summed E-state index contributed by atoms with van der Waals surface area (Å²) in [6.45, 7) is 3.58. The van der Waals surface area contributed by atoms with Crippen LogP contribution >= 0.6 is 11.3 Å². The molecule has 7 heteroatoms. The average molecular weight is 331 g/mol. The summed E-state index contributed by atoms with van der Waals surface area (Å²) in [6, 6.07) is 9.87. The Kier molecular flexibility index (Phi) is 3.89. The van der Waals surface area contributed by atoms with Crippen molar-refractivity contribution in [3.8, 4) is 0 Å². The maximum atomic E-state index is 12.2. The van der Waals surface area contributed by atoms with Gasteiger partial charge in [0.15, 0.2) is 0 Å². The predicted molar refractivity (Wildman–Crippen MR) is 86.2 cm³/mol. The molecule has 1 saturated carbocycles. The largest absolute Gasteiger partial charge is 0.481 e. The van der Waals surface area contributed by atoms with Crippen LogP contribution in [0.25, 0.3) is 0 Å². The monoisotopic (exact) mass is 331 g/mol. The van der Waals surface area contributed by atoms with Gasteiger partial charge < -0.3 is 10.4 Å². The number of nitrogens with zero attached hydrogens (tertiary/aromatic N) is 2. The Hall–Kier alpha value is -2.28. The number of hydrogen-bond donors (Lipinski definition) is 2. The van der Waals surface area contributed by atoms with Gasteiger partial charge in [0.2, 0.25) is 11.0 Å². The summed E-state index contributed by atoms with van der Waals surface area (Å²) in [5.74, 6) is -2.40. The third kappa shape index (κ3) is 3.10. The molecule has 2 atom stereocenters. The van der Waals surface area contributed by atoms with Crippen molar-refractivity contribution in [2.45, 2.75) is 20.3 Å². The fourth-order valence-corrected chi connectivity index (χ4v) is 3.69. The topological polar surface area (TPSA) is 92.2 Å². The van der Waals surface area contributed by atoms with E-state index in [0.29, 0.717) is 11.6 Å². The van der Waals surface area contributed by atoms with Crippen LogP contribution < -0.4 is 5.32 Å². The first-order chi connectivity index (χ1) is 10.9. The predicted octanol–water partition coefficient (Wildman–Crippen LogP) is 2.42. The number of benzene rings is 1. The Morgan fingerprint density at radius 2 is 1.91 bits per heavy atom. The Labute approximate surface area is 137 Å². The average Bonchev–Trinajstić information content (AvgIpc) is 2.84. The lowest BCUT2D eigenvalue weighted by molar-refractivity contribution is -0.140. The molecule has 2 aromatic rings. The fourth-order valence-electron chi connectivity index (χ4n) is 2.92. The number of aliphatic carboxylic acids is 1. The number of aromatic nitrogens is 2. The van der Waals surface area contributed by atoms with Gasteiger partial charge in [-0.15, -0.1) is 10.2 Å². The van der Waals surface area contributed by atoms with E-state index < -0.39 is 23.2 Å². The summed E-state index contributed by atoms with van der Waals surface area (Å²) in [4.78, 5) is 23.4. The van der Waals surface area contributed by atoms with Crippen molar-refractivity contribution in [2.75, 3.05) is 5.32 Å². The second kappa shape index (κ2) is 5.73. The zero-order valence-corrected chi connectivity index (χ0v) is 13.6. The van der Waals surface area contributed by atoms with Gasteiger partial charge in [0.05, 0.1) is 11.8 Å². The molecule has 1 aromatic carbocycles. The Bertz CT molecular complexity index is 742. The third-order valence-corrected chi connectivity index (χ3v) is 5.11. The lowest BCUT2D eigenvalue weighted by atomic mass is 10.1. The first-order valence-corrected chi connectivity index (χ1v) is 8.11. The van der Waals surface area contributed by atoms with Crippen LogP contribution in [0.3, 0.4) is 0 Å². The van der Waals surface area contributed by atoms with Gasteiger partial charge in [-0.25, -0.2) is 0 Å². The molecule has 1 amide bonds. The van der Waals surface area contributed by atoms with Crippen molar-refractivity contribution in [3.05, 3.63) is 40.9 Å². The standard InChI is InChI=1S/C16H17N3O3S/c1-16(2)11(12(16)14(21)22)13(20)17-15-19-18-10(23-15)8-9-6-4-3-5-7-9/h3-7,11-12H,8H2,1-2H3,(H,21,22)(H,17,19,20)/t11-,12-/m1/s1. The van der Waals surface area contributed by atoms with Crippen LogP contribution in [-0.4, -0.2) is 27.2 Å². The van der Waals surface area contributed by atoms with Crippen molar-refractivity contribution < 1.29 is 14.7 Å². The number of carbonyl (C=O) groups is 2. The molecule has 1 fully saturated rings. The second-order valence-corrected chi connectivity index (χ2v) is 7.33. The molecule has 0 unspecified atom stereocenters. The zero-order valence-electron chi connectivity index (χ0n) is 12.8. The van der Waals surface area contributed by atoms with E-state index in [1.54, 1.807) is 13.8 Å². The number of amides is 1. The molecule has 0 bridgehead atoms. The number of nitrogens with one attached hydrogen (secondary N) is 1. The number of rotatable bonds is 5. The van der Waals surface area contributed by atoms with E-state index in [1.807, 2.05) is 30.3 Å². The Balaban J connectivity index is 1.64.